The van der Waals surface area contributed by atoms with Crippen LogP contribution >= 0.6 is 0 Å². The third-order valence-corrected chi connectivity index (χ3v) is 5.04. The van der Waals surface area contributed by atoms with Crippen LogP contribution in [0.25, 0.3) is 0 Å². The Labute approximate surface area is 171 Å². The Bertz CT molecular complexity index is 956. The van der Waals surface area contributed by atoms with Gasteiger partial charge in [-0.15, -0.1) is 0 Å². The molecule has 1 saturated carbocycles. The van der Waals surface area contributed by atoms with Crippen LogP contribution < -0.4 is 16.0 Å². The maximum absolute atomic E-state index is 13.0. The van der Waals surface area contributed by atoms with Gasteiger partial charge in [-0.05, 0) is 48.1 Å². The lowest BCUT2D eigenvalue weighted by Crippen LogP contribution is -2.36. The van der Waals surface area contributed by atoms with Crippen molar-refractivity contribution in [2.24, 2.45) is 5.41 Å². The molecule has 6 nitrogen and oxygen atoms in total. The van der Waals surface area contributed by atoms with Crippen molar-refractivity contribution in [1.82, 2.24) is 0 Å². The lowest BCUT2D eigenvalue weighted by molar-refractivity contribution is -0.131. The van der Waals surface area contributed by atoms with Crippen molar-refractivity contribution in [3.63, 3.8) is 0 Å². The molecule has 0 aromatic heterocycles. The van der Waals surface area contributed by atoms with Crippen LogP contribution in [-0.2, 0) is 19.8 Å². The van der Waals surface area contributed by atoms with Crippen LogP contribution in [0.1, 0.15) is 46.1 Å². The standard InChI is InChI=1S/C23H27N3O3/c1-15(27)24-16-8-7-9-17(14-16)25-20(28)23(12-13-23)21(29)26-19-11-6-5-10-18(19)22(2,3)4/h5-11,14H,12-13H2,1-4H3,(H,24,27)(H,25,28)(H,26,29). The van der Waals surface area contributed by atoms with E-state index in [1.54, 1.807) is 24.3 Å². The van der Waals surface area contributed by atoms with E-state index in [4.69, 9.17) is 0 Å². The monoisotopic (exact) mass is 393 g/mol. The number of carbonyl (C=O) groups is 3. The molecule has 3 rings (SSSR count). The lowest BCUT2D eigenvalue weighted by atomic mass is 9.85. The van der Waals surface area contributed by atoms with E-state index < -0.39 is 5.41 Å². The number of carbonyl (C=O) groups excluding carboxylic acids is 3. The molecule has 2 aromatic rings. The summed E-state index contributed by atoms with van der Waals surface area (Å²) in [6, 6.07) is 14.5. The molecule has 0 bridgehead atoms. The molecule has 1 fully saturated rings. The van der Waals surface area contributed by atoms with Crippen LogP contribution in [0.3, 0.4) is 0 Å². The maximum atomic E-state index is 13.0. The first-order chi connectivity index (χ1) is 13.6. The van der Waals surface area contributed by atoms with Gasteiger partial charge in [0, 0.05) is 24.0 Å². The largest absolute Gasteiger partial charge is 0.326 e. The predicted molar refractivity (Wildman–Crippen MR) is 115 cm³/mol. The first kappa shape index (κ1) is 20.6. The Morgan fingerprint density at radius 2 is 1.41 bits per heavy atom. The minimum absolute atomic E-state index is 0.132. The summed E-state index contributed by atoms with van der Waals surface area (Å²) in [5.74, 6) is -0.808. The smallest absolute Gasteiger partial charge is 0.240 e. The highest BCUT2D eigenvalue weighted by atomic mass is 16.2. The van der Waals surface area contributed by atoms with Gasteiger partial charge in [-0.3, -0.25) is 14.4 Å². The molecule has 0 spiro atoms. The highest BCUT2D eigenvalue weighted by molar-refractivity contribution is 6.17. The van der Waals surface area contributed by atoms with Crippen molar-refractivity contribution in [2.45, 2.75) is 46.0 Å². The molecule has 29 heavy (non-hydrogen) atoms. The summed E-state index contributed by atoms with van der Waals surface area (Å²) in [6.45, 7) is 7.67. The van der Waals surface area contributed by atoms with Gasteiger partial charge >= 0.3 is 0 Å². The first-order valence-corrected chi connectivity index (χ1v) is 9.72. The molecule has 0 unspecified atom stereocenters. The van der Waals surface area contributed by atoms with E-state index in [1.165, 1.54) is 6.92 Å². The Balaban J connectivity index is 1.74. The van der Waals surface area contributed by atoms with E-state index in [-0.39, 0.29) is 23.1 Å². The summed E-state index contributed by atoms with van der Waals surface area (Å²) in [6.07, 6.45) is 1.02. The maximum Gasteiger partial charge on any atom is 0.240 e. The van der Waals surface area contributed by atoms with Crippen LogP contribution in [0.4, 0.5) is 17.1 Å². The van der Waals surface area contributed by atoms with Gasteiger partial charge in [0.2, 0.25) is 17.7 Å². The molecule has 3 amide bonds. The lowest BCUT2D eigenvalue weighted by Gasteiger charge is -2.24. The summed E-state index contributed by atoms with van der Waals surface area (Å²) < 4.78 is 0. The summed E-state index contributed by atoms with van der Waals surface area (Å²) in [5.41, 5.74) is 1.69. The van der Waals surface area contributed by atoms with E-state index in [0.29, 0.717) is 24.2 Å². The fraction of sp³-hybridized carbons (Fsp3) is 0.348. The third-order valence-electron chi connectivity index (χ3n) is 5.04. The van der Waals surface area contributed by atoms with Crippen LogP contribution in [0.5, 0.6) is 0 Å². The quantitative estimate of drug-likeness (QED) is 0.662. The topological polar surface area (TPSA) is 87.3 Å². The fourth-order valence-corrected chi connectivity index (χ4v) is 3.30. The first-order valence-electron chi connectivity index (χ1n) is 9.72. The number of anilines is 3. The van der Waals surface area contributed by atoms with Gasteiger partial charge in [0.15, 0.2) is 0 Å². The van der Waals surface area contributed by atoms with Gasteiger partial charge in [-0.25, -0.2) is 0 Å². The number of hydrogen-bond donors (Lipinski definition) is 3. The number of hydrogen-bond acceptors (Lipinski definition) is 3. The molecule has 1 aliphatic carbocycles. The van der Waals surface area contributed by atoms with Crippen molar-refractivity contribution in [3.8, 4) is 0 Å². The van der Waals surface area contributed by atoms with E-state index in [1.807, 2.05) is 24.3 Å². The van der Waals surface area contributed by atoms with Crippen molar-refractivity contribution in [3.05, 3.63) is 54.1 Å². The second-order valence-electron chi connectivity index (χ2n) is 8.55. The number of amides is 3. The van der Waals surface area contributed by atoms with E-state index in [2.05, 4.69) is 36.7 Å². The van der Waals surface area contributed by atoms with Gasteiger partial charge in [0.25, 0.3) is 0 Å². The van der Waals surface area contributed by atoms with Gasteiger partial charge in [-0.2, -0.15) is 0 Å². The molecule has 6 heteroatoms. The van der Waals surface area contributed by atoms with Crippen LogP contribution in [0, 0.1) is 5.41 Å². The highest BCUT2D eigenvalue weighted by Gasteiger charge is 2.56. The SMILES string of the molecule is CC(=O)Nc1cccc(NC(=O)C2(C(=O)Nc3ccccc3C(C)(C)C)CC2)c1. The molecule has 3 N–H and O–H groups in total. The van der Waals surface area contributed by atoms with Gasteiger partial charge in [-0.1, -0.05) is 45.0 Å². The summed E-state index contributed by atoms with van der Waals surface area (Å²) >= 11 is 0. The van der Waals surface area contributed by atoms with Crippen molar-refractivity contribution in [1.29, 1.82) is 0 Å². The third kappa shape index (κ3) is 4.65. The van der Waals surface area contributed by atoms with Crippen LogP contribution in [-0.4, -0.2) is 17.7 Å². The molecular weight excluding hydrogens is 366 g/mol. The molecule has 1 aliphatic rings. The Kier molecular flexibility index (Phi) is 5.46. The average molecular weight is 393 g/mol. The Morgan fingerprint density at radius 3 is 2.00 bits per heavy atom. The minimum atomic E-state index is -1.06. The number of nitrogens with one attached hydrogen (secondary N) is 3. The predicted octanol–water partition coefficient (Wildman–Crippen LogP) is 4.30. The summed E-state index contributed by atoms with van der Waals surface area (Å²) in [4.78, 5) is 37.1. The molecule has 152 valence electrons. The van der Waals surface area contributed by atoms with E-state index in [0.717, 1.165) is 11.3 Å². The van der Waals surface area contributed by atoms with Crippen molar-refractivity contribution < 1.29 is 14.4 Å². The second kappa shape index (κ2) is 7.70. The van der Waals surface area contributed by atoms with E-state index >= 15 is 0 Å². The van der Waals surface area contributed by atoms with Crippen LogP contribution in [0.15, 0.2) is 48.5 Å². The minimum Gasteiger partial charge on any atom is -0.326 e. The molecule has 0 radical (unpaired) electrons. The number of benzene rings is 2. The number of para-hydroxylation sites is 1. The van der Waals surface area contributed by atoms with Gasteiger partial charge in [0.1, 0.15) is 5.41 Å². The fourth-order valence-electron chi connectivity index (χ4n) is 3.30. The summed E-state index contributed by atoms with van der Waals surface area (Å²) in [5, 5.41) is 8.47. The van der Waals surface area contributed by atoms with Crippen molar-refractivity contribution >= 4 is 34.8 Å². The molecule has 2 aromatic carbocycles. The summed E-state index contributed by atoms with van der Waals surface area (Å²) in [7, 11) is 0. The van der Waals surface area contributed by atoms with Crippen molar-refractivity contribution in [2.75, 3.05) is 16.0 Å². The number of rotatable bonds is 5. The van der Waals surface area contributed by atoms with E-state index in [9.17, 15) is 14.4 Å². The highest BCUT2D eigenvalue weighted by Crippen LogP contribution is 2.48. The second-order valence-corrected chi connectivity index (χ2v) is 8.55. The molecule has 0 aliphatic heterocycles. The zero-order valence-corrected chi connectivity index (χ0v) is 17.3. The molecule has 0 atom stereocenters. The Hall–Kier alpha value is -3.15. The van der Waals surface area contributed by atoms with Gasteiger partial charge in [0.05, 0.1) is 0 Å². The zero-order chi connectivity index (χ0) is 21.2. The molecular formula is C23H27N3O3. The normalized spacial score (nSPS) is 14.6. The average Bonchev–Trinajstić information content (AvgIpc) is 3.43. The molecule has 0 saturated heterocycles. The van der Waals surface area contributed by atoms with Crippen LogP contribution in [0.2, 0.25) is 0 Å². The Morgan fingerprint density at radius 1 is 0.828 bits per heavy atom. The zero-order valence-electron chi connectivity index (χ0n) is 17.3. The molecule has 0 heterocycles. The van der Waals surface area contributed by atoms with Gasteiger partial charge < -0.3 is 16.0 Å².